The lowest BCUT2D eigenvalue weighted by molar-refractivity contribution is -0.137. The molecule has 1 saturated heterocycles. The number of imide groups is 1. The molecule has 0 unspecified atom stereocenters. The zero-order valence-electron chi connectivity index (χ0n) is 30.3. The molecule has 9 amide bonds. The van der Waals surface area contributed by atoms with Gasteiger partial charge in [-0.25, -0.2) is 14.4 Å². The number of unbranched alkanes of at least 4 members (excludes halogenated alkanes) is 2. The maximum Gasteiger partial charge on any atom is 0.415 e. The van der Waals surface area contributed by atoms with Gasteiger partial charge in [-0.15, -0.1) is 6.58 Å². The van der Waals surface area contributed by atoms with E-state index in [2.05, 4.69) is 32.7 Å². The maximum atomic E-state index is 13.3. The summed E-state index contributed by atoms with van der Waals surface area (Å²) in [4.78, 5) is 103. The fraction of sp³-hybridized carbons (Fsp3) is 0.486. The number of likely N-dealkylation sites (N-methyl/N-ethyl adjacent to an activating group) is 1. The van der Waals surface area contributed by atoms with Crippen LogP contribution in [0.1, 0.15) is 38.5 Å². The Morgan fingerprint density at radius 2 is 1.59 bits per heavy atom. The maximum absolute atomic E-state index is 13.3. The van der Waals surface area contributed by atoms with Crippen molar-refractivity contribution in [2.75, 3.05) is 64.7 Å². The zero-order chi connectivity index (χ0) is 39.6. The number of primary amides is 1. The molecule has 2 atom stereocenters. The van der Waals surface area contributed by atoms with E-state index in [1.165, 1.54) is 52.3 Å². The highest BCUT2D eigenvalue weighted by atomic mass is 16.6. The van der Waals surface area contributed by atoms with Gasteiger partial charge in [-0.2, -0.15) is 0 Å². The van der Waals surface area contributed by atoms with Gasteiger partial charge in [0.15, 0.2) is 0 Å². The number of nitrogens with zero attached hydrogens (tertiary/aromatic N) is 4. The minimum absolute atomic E-state index is 0.0792. The second-order valence-corrected chi connectivity index (χ2v) is 12.7. The summed E-state index contributed by atoms with van der Waals surface area (Å²) in [5.41, 5.74) is 5.47. The van der Waals surface area contributed by atoms with Crippen molar-refractivity contribution in [2.24, 2.45) is 5.73 Å². The van der Waals surface area contributed by atoms with Crippen LogP contribution in [0.4, 0.5) is 20.1 Å². The van der Waals surface area contributed by atoms with Crippen molar-refractivity contribution in [1.82, 2.24) is 35.6 Å². The summed E-state index contributed by atoms with van der Waals surface area (Å²) in [6.45, 7) is 6.86. The Balaban J connectivity index is 1.47. The molecule has 1 aromatic rings. The second-order valence-electron chi connectivity index (χ2n) is 12.7. The average Bonchev–Trinajstić information content (AvgIpc) is 3.46. The summed E-state index contributed by atoms with van der Waals surface area (Å²) < 4.78 is 5.44. The molecule has 2 aliphatic rings. The number of carbonyl (C=O) groups excluding carboxylic acids is 7. The van der Waals surface area contributed by atoms with Crippen LogP contribution in [0.2, 0.25) is 0 Å². The summed E-state index contributed by atoms with van der Waals surface area (Å²) in [5, 5.41) is 19.4. The molecule has 0 aliphatic carbocycles. The van der Waals surface area contributed by atoms with Crippen molar-refractivity contribution in [3.63, 3.8) is 0 Å². The van der Waals surface area contributed by atoms with Gasteiger partial charge < -0.3 is 46.6 Å². The van der Waals surface area contributed by atoms with E-state index in [0.717, 1.165) is 4.90 Å². The van der Waals surface area contributed by atoms with Crippen LogP contribution in [0.25, 0.3) is 0 Å². The normalized spacial score (nSPS) is 15.2. The van der Waals surface area contributed by atoms with Crippen LogP contribution in [0.15, 0.2) is 49.1 Å². The Morgan fingerprint density at radius 3 is 2.20 bits per heavy atom. The van der Waals surface area contributed by atoms with Crippen LogP contribution < -0.4 is 31.7 Å². The molecular weight excluding hydrogens is 706 g/mol. The quantitative estimate of drug-likeness (QED) is 0.0605. The molecule has 3 rings (SSSR count). The highest BCUT2D eigenvalue weighted by Crippen LogP contribution is 2.17. The fourth-order valence-corrected chi connectivity index (χ4v) is 5.47. The third-order valence-corrected chi connectivity index (χ3v) is 8.66. The minimum atomic E-state index is -1.16. The SMILES string of the molecule is C=C[C@H](NC(=O)CCCCCN1C(=O)C=CC1=O)C(=O)N[C@@H](CCCNC(N)=O)C(=O)Nc1ccc(OC(=O)N(C)CCN2CCN(C(=O)O)CC2)cc1. The standard InChI is InChI=1S/C35H49N9O10/c1-3-26(39-28(45)9-5-4-6-17-44-29(46)14-15-30(44)47)31(48)40-27(8-7-16-37-33(36)50)32(49)38-24-10-12-25(13-11-24)54-35(53)41(2)18-19-42-20-22-43(23-21-42)34(51)52/h3,10-15,26-27H,1,4-9,16-23H2,2H3,(H,38,49)(H,39,45)(H,40,48)(H,51,52)(H3,36,37,50)/t26-,27-/m0/s1. The van der Waals surface area contributed by atoms with E-state index < -0.39 is 48.0 Å². The van der Waals surface area contributed by atoms with E-state index in [9.17, 15) is 38.4 Å². The monoisotopic (exact) mass is 755 g/mol. The lowest BCUT2D eigenvalue weighted by Crippen LogP contribution is -2.52. The van der Waals surface area contributed by atoms with Crippen molar-refractivity contribution in [2.45, 2.75) is 50.6 Å². The molecule has 0 radical (unpaired) electrons. The predicted octanol–water partition coefficient (Wildman–Crippen LogP) is 0.441. The first kappa shape index (κ1) is 42.4. The molecule has 0 spiro atoms. The Labute approximate surface area is 312 Å². The number of carbonyl (C=O) groups is 8. The molecule has 0 aromatic heterocycles. The van der Waals surface area contributed by atoms with Gasteiger partial charge in [0.1, 0.15) is 17.8 Å². The number of carboxylic acid groups (broad SMARTS) is 1. The third-order valence-electron chi connectivity index (χ3n) is 8.66. The number of rotatable bonds is 20. The Bertz CT molecular complexity index is 1540. The number of ether oxygens (including phenoxy) is 1. The smallest absolute Gasteiger partial charge is 0.415 e. The number of benzene rings is 1. The van der Waals surface area contributed by atoms with Gasteiger partial charge in [0, 0.05) is 83.7 Å². The number of nitrogens with two attached hydrogens (primary N) is 1. The first-order valence-electron chi connectivity index (χ1n) is 17.6. The Morgan fingerprint density at radius 1 is 0.926 bits per heavy atom. The van der Waals surface area contributed by atoms with Crippen LogP contribution in [0.3, 0.4) is 0 Å². The molecule has 1 aromatic carbocycles. The number of piperazine rings is 1. The number of nitrogens with one attached hydrogen (secondary N) is 4. The molecule has 0 bridgehead atoms. The van der Waals surface area contributed by atoms with Crippen molar-refractivity contribution in [3.8, 4) is 5.75 Å². The van der Waals surface area contributed by atoms with E-state index in [1.54, 1.807) is 7.05 Å². The van der Waals surface area contributed by atoms with Crippen LogP contribution in [0.5, 0.6) is 5.75 Å². The van der Waals surface area contributed by atoms with Crippen molar-refractivity contribution < 1.29 is 48.2 Å². The summed E-state index contributed by atoms with van der Waals surface area (Å²) in [6, 6.07) is 3.02. The van der Waals surface area contributed by atoms with E-state index in [4.69, 9.17) is 15.6 Å². The largest absolute Gasteiger partial charge is 0.465 e. The van der Waals surface area contributed by atoms with Crippen LogP contribution in [-0.4, -0.2) is 144 Å². The molecule has 2 aliphatic heterocycles. The molecule has 19 nitrogen and oxygen atoms in total. The van der Waals surface area contributed by atoms with Gasteiger partial charge in [-0.05, 0) is 49.9 Å². The van der Waals surface area contributed by atoms with E-state index in [-0.39, 0.29) is 49.9 Å². The van der Waals surface area contributed by atoms with Crippen molar-refractivity contribution in [1.29, 1.82) is 0 Å². The van der Waals surface area contributed by atoms with E-state index in [0.29, 0.717) is 64.2 Å². The van der Waals surface area contributed by atoms with E-state index >= 15 is 0 Å². The van der Waals surface area contributed by atoms with Crippen LogP contribution in [0, 0.1) is 0 Å². The molecule has 19 heteroatoms. The highest BCUT2D eigenvalue weighted by molar-refractivity contribution is 6.12. The molecule has 0 saturated carbocycles. The predicted molar refractivity (Wildman–Crippen MR) is 195 cm³/mol. The highest BCUT2D eigenvalue weighted by Gasteiger charge is 2.26. The van der Waals surface area contributed by atoms with Crippen LogP contribution >= 0.6 is 0 Å². The van der Waals surface area contributed by atoms with Gasteiger partial charge in [-0.1, -0.05) is 12.5 Å². The first-order chi connectivity index (χ1) is 25.8. The Hall–Kier alpha value is -5.98. The number of urea groups is 1. The number of hydrogen-bond donors (Lipinski definition) is 6. The molecular formula is C35H49N9O10. The van der Waals surface area contributed by atoms with Gasteiger partial charge in [0.25, 0.3) is 11.8 Å². The topological polar surface area (TPSA) is 253 Å². The minimum Gasteiger partial charge on any atom is -0.465 e. The molecule has 2 heterocycles. The zero-order valence-corrected chi connectivity index (χ0v) is 30.3. The van der Waals surface area contributed by atoms with E-state index in [1.807, 2.05) is 0 Å². The average molecular weight is 756 g/mol. The first-order valence-corrected chi connectivity index (χ1v) is 17.6. The van der Waals surface area contributed by atoms with Gasteiger partial charge in [0.2, 0.25) is 17.7 Å². The van der Waals surface area contributed by atoms with Gasteiger partial charge >= 0.3 is 18.2 Å². The lowest BCUT2D eigenvalue weighted by Gasteiger charge is -2.33. The van der Waals surface area contributed by atoms with Crippen molar-refractivity contribution >= 4 is 53.4 Å². The van der Waals surface area contributed by atoms with Gasteiger partial charge in [-0.3, -0.25) is 33.8 Å². The third kappa shape index (κ3) is 14.2. The van der Waals surface area contributed by atoms with Crippen molar-refractivity contribution in [3.05, 3.63) is 49.1 Å². The second kappa shape index (κ2) is 21.5. The van der Waals surface area contributed by atoms with Gasteiger partial charge in [0.05, 0.1) is 0 Å². The number of anilines is 1. The summed E-state index contributed by atoms with van der Waals surface area (Å²) in [5.74, 6) is -2.21. The summed E-state index contributed by atoms with van der Waals surface area (Å²) in [6.07, 6.45) is 4.09. The number of hydrogen-bond acceptors (Lipinski definition) is 10. The molecule has 7 N–H and O–H groups in total. The molecule has 1 fully saturated rings. The fourth-order valence-electron chi connectivity index (χ4n) is 5.47. The lowest BCUT2D eigenvalue weighted by atomic mass is 10.1. The molecule has 294 valence electrons. The molecule has 54 heavy (non-hydrogen) atoms. The van der Waals surface area contributed by atoms with Crippen LogP contribution in [-0.2, 0) is 24.0 Å². The summed E-state index contributed by atoms with van der Waals surface area (Å²) in [7, 11) is 1.59. The summed E-state index contributed by atoms with van der Waals surface area (Å²) >= 11 is 0. The number of amides is 9. The Kier molecular flexibility index (Phi) is 16.9.